The molecule has 0 fully saturated rings. The Balaban J connectivity index is 2.05. The minimum atomic E-state index is -0.115. The zero-order valence-electron chi connectivity index (χ0n) is 9.60. The SMILES string of the molecule is COCc1cccc(C(=O)NC2=NCCS2)c1. The van der Waals surface area contributed by atoms with E-state index in [1.807, 2.05) is 18.2 Å². The van der Waals surface area contributed by atoms with Gasteiger partial charge >= 0.3 is 0 Å². The molecule has 1 aliphatic rings. The van der Waals surface area contributed by atoms with Gasteiger partial charge in [0.25, 0.3) is 5.91 Å². The van der Waals surface area contributed by atoms with Crippen molar-refractivity contribution in [1.82, 2.24) is 5.32 Å². The van der Waals surface area contributed by atoms with Gasteiger partial charge in [-0.25, -0.2) is 0 Å². The maximum Gasteiger partial charge on any atom is 0.257 e. The molecule has 17 heavy (non-hydrogen) atoms. The normalized spacial score (nSPS) is 14.5. The Labute approximate surface area is 104 Å². The summed E-state index contributed by atoms with van der Waals surface area (Å²) in [6.07, 6.45) is 0. The van der Waals surface area contributed by atoms with Gasteiger partial charge in [0.2, 0.25) is 0 Å². The Morgan fingerprint density at radius 1 is 1.59 bits per heavy atom. The van der Waals surface area contributed by atoms with E-state index in [2.05, 4.69) is 10.3 Å². The molecule has 0 atom stereocenters. The maximum atomic E-state index is 11.9. The molecule has 0 bridgehead atoms. The molecule has 90 valence electrons. The van der Waals surface area contributed by atoms with Crippen LogP contribution in [-0.2, 0) is 11.3 Å². The number of hydrogen-bond acceptors (Lipinski definition) is 4. The molecule has 5 heteroatoms. The van der Waals surface area contributed by atoms with Crippen molar-refractivity contribution in [2.24, 2.45) is 4.99 Å². The molecule has 0 saturated carbocycles. The van der Waals surface area contributed by atoms with E-state index < -0.39 is 0 Å². The number of thioether (sulfide) groups is 1. The smallest absolute Gasteiger partial charge is 0.257 e. The summed E-state index contributed by atoms with van der Waals surface area (Å²) in [7, 11) is 1.64. The third-order valence-corrected chi connectivity index (χ3v) is 3.20. The van der Waals surface area contributed by atoms with Gasteiger partial charge in [-0.1, -0.05) is 23.9 Å². The summed E-state index contributed by atoms with van der Waals surface area (Å²) in [4.78, 5) is 16.1. The summed E-state index contributed by atoms with van der Waals surface area (Å²) in [5, 5.41) is 3.51. The topological polar surface area (TPSA) is 50.7 Å². The van der Waals surface area contributed by atoms with Crippen LogP contribution in [0, 0.1) is 0 Å². The van der Waals surface area contributed by atoms with Gasteiger partial charge in [0.1, 0.15) is 0 Å². The molecule has 2 rings (SSSR count). The van der Waals surface area contributed by atoms with E-state index in [4.69, 9.17) is 4.74 Å². The van der Waals surface area contributed by atoms with E-state index in [-0.39, 0.29) is 5.91 Å². The van der Waals surface area contributed by atoms with Gasteiger partial charge in [0.15, 0.2) is 5.17 Å². The predicted molar refractivity (Wildman–Crippen MR) is 69.4 cm³/mol. The van der Waals surface area contributed by atoms with Crippen LogP contribution in [0.5, 0.6) is 0 Å². The summed E-state index contributed by atoms with van der Waals surface area (Å²) in [6.45, 7) is 1.29. The number of amidine groups is 1. The van der Waals surface area contributed by atoms with E-state index in [0.29, 0.717) is 17.3 Å². The molecule has 1 aromatic rings. The number of benzene rings is 1. The average molecular weight is 250 g/mol. The van der Waals surface area contributed by atoms with Crippen molar-refractivity contribution in [3.8, 4) is 0 Å². The van der Waals surface area contributed by atoms with Gasteiger partial charge in [-0.2, -0.15) is 0 Å². The number of nitrogens with zero attached hydrogens (tertiary/aromatic N) is 1. The van der Waals surface area contributed by atoms with Crippen molar-refractivity contribution in [2.45, 2.75) is 6.61 Å². The first-order valence-electron chi connectivity index (χ1n) is 5.36. The molecule has 0 spiro atoms. The number of carbonyl (C=O) groups is 1. The molecule has 1 amide bonds. The molecular weight excluding hydrogens is 236 g/mol. The van der Waals surface area contributed by atoms with Gasteiger partial charge in [-0.15, -0.1) is 0 Å². The van der Waals surface area contributed by atoms with Crippen LogP contribution in [0.4, 0.5) is 0 Å². The van der Waals surface area contributed by atoms with Crippen LogP contribution in [0.2, 0.25) is 0 Å². The standard InChI is InChI=1S/C12H14N2O2S/c1-16-8-9-3-2-4-10(7-9)11(15)14-12-13-5-6-17-12/h2-4,7H,5-6,8H2,1H3,(H,13,14,15). The van der Waals surface area contributed by atoms with Gasteiger partial charge < -0.3 is 10.1 Å². The minimum Gasteiger partial charge on any atom is -0.380 e. The maximum absolute atomic E-state index is 11.9. The fourth-order valence-corrected chi connectivity index (χ4v) is 2.27. The highest BCUT2D eigenvalue weighted by atomic mass is 32.2. The fraction of sp³-hybridized carbons (Fsp3) is 0.333. The summed E-state index contributed by atoms with van der Waals surface area (Å²) in [6, 6.07) is 7.41. The number of hydrogen-bond donors (Lipinski definition) is 1. The molecule has 0 radical (unpaired) electrons. The number of rotatable bonds is 3. The first-order chi connectivity index (χ1) is 8.29. The van der Waals surface area contributed by atoms with E-state index in [0.717, 1.165) is 17.9 Å². The van der Waals surface area contributed by atoms with E-state index in [1.165, 1.54) is 0 Å². The summed E-state index contributed by atoms with van der Waals surface area (Å²) >= 11 is 1.57. The first kappa shape index (κ1) is 12.1. The second-order valence-corrected chi connectivity index (χ2v) is 4.71. The highest BCUT2D eigenvalue weighted by Crippen LogP contribution is 2.11. The van der Waals surface area contributed by atoms with Crippen molar-refractivity contribution in [3.63, 3.8) is 0 Å². The lowest BCUT2D eigenvalue weighted by Gasteiger charge is -2.05. The molecule has 4 nitrogen and oxygen atoms in total. The summed E-state index contributed by atoms with van der Waals surface area (Å²) in [5.74, 6) is 0.829. The van der Waals surface area contributed by atoms with Crippen molar-refractivity contribution < 1.29 is 9.53 Å². The monoisotopic (exact) mass is 250 g/mol. The summed E-state index contributed by atoms with van der Waals surface area (Å²) < 4.78 is 5.04. The Morgan fingerprint density at radius 2 is 2.47 bits per heavy atom. The molecule has 0 unspecified atom stereocenters. The lowest BCUT2D eigenvalue weighted by atomic mass is 10.1. The van der Waals surface area contributed by atoms with Crippen LogP contribution in [-0.4, -0.2) is 30.5 Å². The fourth-order valence-electron chi connectivity index (χ4n) is 1.55. The molecule has 0 aliphatic carbocycles. The molecule has 1 N–H and O–H groups in total. The highest BCUT2D eigenvalue weighted by molar-refractivity contribution is 8.14. The second kappa shape index (κ2) is 5.84. The highest BCUT2D eigenvalue weighted by Gasteiger charge is 2.12. The molecule has 1 aromatic carbocycles. The van der Waals surface area contributed by atoms with E-state index in [9.17, 15) is 4.79 Å². The summed E-state index contributed by atoms with van der Waals surface area (Å²) in [5.41, 5.74) is 1.62. The van der Waals surface area contributed by atoms with Gasteiger partial charge in [-0.3, -0.25) is 9.79 Å². The van der Waals surface area contributed by atoms with Gasteiger partial charge in [0, 0.05) is 18.4 Å². The lowest BCUT2D eigenvalue weighted by molar-refractivity contribution is 0.0977. The molecule has 1 aliphatic heterocycles. The quantitative estimate of drug-likeness (QED) is 0.887. The second-order valence-electron chi connectivity index (χ2n) is 3.62. The molecule has 1 heterocycles. The Morgan fingerprint density at radius 3 is 3.18 bits per heavy atom. The number of carbonyl (C=O) groups excluding carboxylic acids is 1. The number of amides is 1. The van der Waals surface area contributed by atoms with Crippen LogP contribution in [0.3, 0.4) is 0 Å². The third kappa shape index (κ3) is 3.31. The Hall–Kier alpha value is -1.33. The average Bonchev–Trinajstić information content (AvgIpc) is 2.83. The molecule has 0 saturated heterocycles. The van der Waals surface area contributed by atoms with Crippen LogP contribution in [0.25, 0.3) is 0 Å². The third-order valence-electron chi connectivity index (χ3n) is 2.31. The molecular formula is C12H14N2O2S. The predicted octanol–water partition coefficient (Wildman–Crippen LogP) is 1.67. The van der Waals surface area contributed by atoms with Gasteiger partial charge in [-0.05, 0) is 17.7 Å². The van der Waals surface area contributed by atoms with E-state index in [1.54, 1.807) is 24.9 Å². The minimum absolute atomic E-state index is 0.115. The zero-order chi connectivity index (χ0) is 12.1. The van der Waals surface area contributed by atoms with Crippen molar-refractivity contribution >= 4 is 22.8 Å². The van der Waals surface area contributed by atoms with Crippen molar-refractivity contribution in [2.75, 3.05) is 19.4 Å². The first-order valence-corrected chi connectivity index (χ1v) is 6.34. The number of ether oxygens (including phenoxy) is 1. The molecule has 0 aromatic heterocycles. The Kier molecular flexibility index (Phi) is 4.17. The number of methoxy groups -OCH3 is 1. The number of aliphatic imine (C=N–C) groups is 1. The van der Waals surface area contributed by atoms with Crippen LogP contribution in [0.15, 0.2) is 29.3 Å². The largest absolute Gasteiger partial charge is 0.380 e. The van der Waals surface area contributed by atoms with Crippen LogP contribution < -0.4 is 5.32 Å². The van der Waals surface area contributed by atoms with Gasteiger partial charge in [0.05, 0.1) is 13.2 Å². The van der Waals surface area contributed by atoms with Crippen molar-refractivity contribution in [3.05, 3.63) is 35.4 Å². The Bertz CT molecular complexity index is 446. The van der Waals surface area contributed by atoms with Crippen LogP contribution in [0.1, 0.15) is 15.9 Å². The zero-order valence-corrected chi connectivity index (χ0v) is 10.4. The number of nitrogens with one attached hydrogen (secondary N) is 1. The van der Waals surface area contributed by atoms with Crippen LogP contribution >= 0.6 is 11.8 Å². The lowest BCUT2D eigenvalue weighted by Crippen LogP contribution is -2.27. The van der Waals surface area contributed by atoms with E-state index >= 15 is 0 Å². The van der Waals surface area contributed by atoms with Crippen molar-refractivity contribution in [1.29, 1.82) is 0 Å².